The number of benzene rings is 2. The normalized spacial score (nSPS) is 11.3. The summed E-state index contributed by atoms with van der Waals surface area (Å²) in [5, 5.41) is 3.87. The standard InChI is InChI=1S/C24H27N5O3/c1-31-14-11-20-28-21-22(18-9-5-6-10-19(18)27-23(21)25)29(20)13-16-32-15-12-26-24(30)17-7-3-2-4-8-17/h2-10H,11-16H2,1H3,(H2,25,27)(H,26,30). The van der Waals surface area contributed by atoms with Crippen molar-refractivity contribution >= 4 is 33.7 Å². The van der Waals surface area contributed by atoms with Gasteiger partial charge < -0.3 is 25.1 Å². The monoisotopic (exact) mass is 433 g/mol. The molecule has 2 aromatic carbocycles. The molecule has 0 fully saturated rings. The number of nitrogens with two attached hydrogens (primary N) is 1. The van der Waals surface area contributed by atoms with Gasteiger partial charge in [0, 0.05) is 37.6 Å². The van der Waals surface area contributed by atoms with Gasteiger partial charge in [0.1, 0.15) is 11.3 Å². The van der Waals surface area contributed by atoms with E-state index in [1.165, 1.54) is 0 Å². The van der Waals surface area contributed by atoms with Gasteiger partial charge in [-0.15, -0.1) is 0 Å². The number of hydrogen-bond acceptors (Lipinski definition) is 6. The number of fused-ring (bicyclic) bond motifs is 3. The van der Waals surface area contributed by atoms with Crippen LogP contribution >= 0.6 is 0 Å². The Morgan fingerprint density at radius 3 is 2.62 bits per heavy atom. The van der Waals surface area contributed by atoms with E-state index >= 15 is 0 Å². The number of amides is 1. The number of carbonyl (C=O) groups is 1. The highest BCUT2D eigenvalue weighted by molar-refractivity contribution is 6.06. The summed E-state index contributed by atoms with van der Waals surface area (Å²) in [6, 6.07) is 17.0. The first-order chi connectivity index (χ1) is 15.7. The van der Waals surface area contributed by atoms with Crippen LogP contribution in [-0.2, 0) is 22.4 Å². The summed E-state index contributed by atoms with van der Waals surface area (Å²) in [7, 11) is 1.67. The number of pyridine rings is 1. The summed E-state index contributed by atoms with van der Waals surface area (Å²) in [6.45, 7) is 2.50. The third-order valence-electron chi connectivity index (χ3n) is 5.25. The molecule has 0 atom stereocenters. The smallest absolute Gasteiger partial charge is 0.251 e. The summed E-state index contributed by atoms with van der Waals surface area (Å²) in [4.78, 5) is 21.4. The van der Waals surface area contributed by atoms with Gasteiger partial charge in [-0.1, -0.05) is 36.4 Å². The number of nitrogens with zero attached hydrogens (tertiary/aromatic N) is 3. The highest BCUT2D eigenvalue weighted by Gasteiger charge is 2.17. The number of anilines is 1. The van der Waals surface area contributed by atoms with Crippen molar-refractivity contribution in [2.45, 2.75) is 13.0 Å². The van der Waals surface area contributed by atoms with E-state index in [-0.39, 0.29) is 5.91 Å². The molecule has 3 N–H and O–H groups in total. The Bertz CT molecular complexity index is 1210. The van der Waals surface area contributed by atoms with Crippen LogP contribution < -0.4 is 11.1 Å². The van der Waals surface area contributed by atoms with Crippen LogP contribution in [0.4, 0.5) is 5.82 Å². The maximum atomic E-state index is 12.1. The van der Waals surface area contributed by atoms with Crippen molar-refractivity contribution in [3.8, 4) is 0 Å². The zero-order valence-corrected chi connectivity index (χ0v) is 18.1. The Balaban J connectivity index is 1.44. The second kappa shape index (κ2) is 10.2. The fourth-order valence-corrected chi connectivity index (χ4v) is 3.72. The molecule has 166 valence electrons. The minimum absolute atomic E-state index is 0.105. The maximum Gasteiger partial charge on any atom is 0.251 e. The van der Waals surface area contributed by atoms with Gasteiger partial charge >= 0.3 is 0 Å². The van der Waals surface area contributed by atoms with E-state index in [0.29, 0.717) is 56.2 Å². The van der Waals surface area contributed by atoms with Crippen molar-refractivity contribution in [2.24, 2.45) is 0 Å². The first-order valence-electron chi connectivity index (χ1n) is 10.6. The topological polar surface area (TPSA) is 104 Å². The number of nitrogen functional groups attached to an aromatic ring is 1. The average Bonchev–Trinajstić information content (AvgIpc) is 3.19. The second-order valence-corrected chi connectivity index (χ2v) is 7.37. The Morgan fingerprint density at radius 1 is 1.03 bits per heavy atom. The van der Waals surface area contributed by atoms with E-state index in [0.717, 1.165) is 22.2 Å². The molecule has 0 spiro atoms. The van der Waals surface area contributed by atoms with E-state index in [1.54, 1.807) is 19.2 Å². The summed E-state index contributed by atoms with van der Waals surface area (Å²) < 4.78 is 13.2. The van der Waals surface area contributed by atoms with Crippen LogP contribution in [0.5, 0.6) is 0 Å². The third kappa shape index (κ3) is 4.71. The molecular weight excluding hydrogens is 406 g/mol. The predicted molar refractivity (Wildman–Crippen MR) is 125 cm³/mol. The van der Waals surface area contributed by atoms with Gasteiger partial charge in [0.05, 0.1) is 30.9 Å². The summed E-state index contributed by atoms with van der Waals surface area (Å²) >= 11 is 0. The minimum atomic E-state index is -0.105. The fraction of sp³-hybridized carbons (Fsp3) is 0.292. The van der Waals surface area contributed by atoms with Crippen LogP contribution in [0, 0.1) is 0 Å². The maximum absolute atomic E-state index is 12.1. The zero-order valence-electron chi connectivity index (χ0n) is 18.1. The van der Waals surface area contributed by atoms with Gasteiger partial charge in [0.25, 0.3) is 5.91 Å². The molecule has 0 bridgehead atoms. The Hall–Kier alpha value is -3.49. The van der Waals surface area contributed by atoms with Crippen molar-refractivity contribution in [2.75, 3.05) is 39.2 Å². The van der Waals surface area contributed by atoms with E-state index < -0.39 is 0 Å². The molecule has 4 rings (SSSR count). The Kier molecular flexibility index (Phi) is 6.94. The van der Waals surface area contributed by atoms with E-state index in [9.17, 15) is 4.79 Å². The molecule has 8 heteroatoms. The molecule has 2 aromatic heterocycles. The third-order valence-corrected chi connectivity index (χ3v) is 5.25. The Labute approximate surface area is 186 Å². The van der Waals surface area contributed by atoms with Crippen LogP contribution in [0.3, 0.4) is 0 Å². The van der Waals surface area contributed by atoms with E-state index in [2.05, 4.69) is 14.9 Å². The van der Waals surface area contributed by atoms with E-state index in [1.807, 2.05) is 42.5 Å². The lowest BCUT2D eigenvalue weighted by Crippen LogP contribution is -2.27. The van der Waals surface area contributed by atoms with Crippen LogP contribution in [0.15, 0.2) is 54.6 Å². The molecule has 0 radical (unpaired) electrons. The number of methoxy groups -OCH3 is 1. The number of rotatable bonds is 10. The van der Waals surface area contributed by atoms with Crippen LogP contribution in [0.1, 0.15) is 16.2 Å². The zero-order chi connectivity index (χ0) is 22.3. The first kappa shape index (κ1) is 21.7. The lowest BCUT2D eigenvalue weighted by atomic mass is 10.2. The first-order valence-corrected chi connectivity index (χ1v) is 10.6. The highest BCUT2D eigenvalue weighted by atomic mass is 16.5. The SMILES string of the molecule is COCCc1nc2c(N)nc3ccccc3c2n1CCOCCNC(=O)c1ccccc1. The number of aromatic nitrogens is 3. The molecule has 32 heavy (non-hydrogen) atoms. The largest absolute Gasteiger partial charge is 0.384 e. The lowest BCUT2D eigenvalue weighted by molar-refractivity contribution is 0.0908. The average molecular weight is 434 g/mol. The van der Waals surface area contributed by atoms with Crippen LogP contribution in [-0.4, -0.2) is 53.9 Å². The minimum Gasteiger partial charge on any atom is -0.384 e. The molecular formula is C24H27N5O3. The van der Waals surface area contributed by atoms with Crippen molar-refractivity contribution in [1.82, 2.24) is 19.9 Å². The summed E-state index contributed by atoms with van der Waals surface area (Å²) in [5.41, 5.74) is 9.34. The molecule has 8 nitrogen and oxygen atoms in total. The molecule has 0 aliphatic heterocycles. The number of hydrogen-bond donors (Lipinski definition) is 2. The second-order valence-electron chi connectivity index (χ2n) is 7.37. The van der Waals surface area contributed by atoms with Gasteiger partial charge in [-0.25, -0.2) is 9.97 Å². The molecule has 0 saturated carbocycles. The van der Waals surface area contributed by atoms with Crippen molar-refractivity contribution in [3.63, 3.8) is 0 Å². The number of ether oxygens (including phenoxy) is 2. The molecule has 0 unspecified atom stereocenters. The molecule has 1 amide bonds. The van der Waals surface area contributed by atoms with E-state index in [4.69, 9.17) is 20.2 Å². The van der Waals surface area contributed by atoms with Crippen molar-refractivity contribution in [3.05, 3.63) is 66.0 Å². The molecule has 4 aromatic rings. The van der Waals surface area contributed by atoms with Gasteiger partial charge in [-0.3, -0.25) is 4.79 Å². The van der Waals surface area contributed by atoms with Gasteiger partial charge in [0.2, 0.25) is 0 Å². The number of carbonyl (C=O) groups excluding carboxylic acids is 1. The predicted octanol–water partition coefficient (Wildman–Crippen LogP) is 2.80. The van der Waals surface area contributed by atoms with Crippen molar-refractivity contribution in [1.29, 1.82) is 0 Å². The van der Waals surface area contributed by atoms with Crippen LogP contribution in [0.2, 0.25) is 0 Å². The molecule has 0 aliphatic rings. The Morgan fingerprint density at radius 2 is 1.81 bits per heavy atom. The number of nitrogens with one attached hydrogen (secondary N) is 1. The molecule has 0 aliphatic carbocycles. The molecule has 2 heterocycles. The van der Waals surface area contributed by atoms with Gasteiger partial charge in [0.15, 0.2) is 5.82 Å². The number of imidazole rings is 1. The van der Waals surface area contributed by atoms with Crippen molar-refractivity contribution < 1.29 is 14.3 Å². The lowest BCUT2D eigenvalue weighted by Gasteiger charge is -2.12. The van der Waals surface area contributed by atoms with Gasteiger partial charge in [-0.05, 0) is 18.2 Å². The summed E-state index contributed by atoms with van der Waals surface area (Å²) in [6.07, 6.45) is 0.659. The summed E-state index contributed by atoms with van der Waals surface area (Å²) in [5.74, 6) is 1.19. The molecule has 0 saturated heterocycles. The quantitative estimate of drug-likeness (QED) is 0.373. The highest BCUT2D eigenvalue weighted by Crippen LogP contribution is 2.28. The fourth-order valence-electron chi connectivity index (χ4n) is 3.72. The van der Waals surface area contributed by atoms with Gasteiger partial charge in [-0.2, -0.15) is 0 Å². The van der Waals surface area contributed by atoms with Crippen LogP contribution in [0.25, 0.3) is 21.9 Å². The number of para-hydroxylation sites is 1.